The van der Waals surface area contributed by atoms with Crippen LogP contribution in [-0.4, -0.2) is 20.3 Å². The van der Waals surface area contributed by atoms with E-state index in [2.05, 4.69) is 20.7 Å². The van der Waals surface area contributed by atoms with Gasteiger partial charge in [-0.15, -0.1) is 0 Å². The van der Waals surface area contributed by atoms with Crippen molar-refractivity contribution in [3.8, 4) is 0 Å². The van der Waals surface area contributed by atoms with Crippen molar-refractivity contribution in [2.24, 2.45) is 0 Å². The molecule has 0 heterocycles. The summed E-state index contributed by atoms with van der Waals surface area (Å²) in [7, 11) is -3.76. The van der Waals surface area contributed by atoms with Gasteiger partial charge in [-0.05, 0) is 31.0 Å². The summed E-state index contributed by atoms with van der Waals surface area (Å²) in [6.45, 7) is 0.295. The second-order valence-electron chi connectivity index (χ2n) is 4.08. The second kappa shape index (κ2) is 7.91. The number of nitrogens with one attached hydrogen (secondary N) is 1. The fourth-order valence-electron chi connectivity index (χ4n) is 1.51. The smallest absolute Gasteiger partial charge is 0.211 e. The Labute approximate surface area is 120 Å². The Morgan fingerprint density at radius 1 is 1.05 bits per heavy atom. The Hall–Kier alpha value is -0.530. The molecule has 1 rings (SSSR count). The molecule has 7 heteroatoms. The van der Waals surface area contributed by atoms with Crippen LogP contribution in [-0.2, 0) is 10.0 Å². The van der Waals surface area contributed by atoms with E-state index in [1.54, 1.807) is 0 Å². The molecule has 19 heavy (non-hydrogen) atoms. The molecule has 0 aromatic heterocycles. The normalized spacial score (nSPS) is 11.7. The number of alkyl halides is 1. The summed E-state index contributed by atoms with van der Waals surface area (Å²) >= 11 is 3.32. The lowest BCUT2D eigenvalue weighted by atomic mass is 10.2. The minimum absolute atomic E-state index is 0.258. The molecule has 108 valence electrons. The van der Waals surface area contributed by atoms with E-state index >= 15 is 0 Å². The summed E-state index contributed by atoms with van der Waals surface area (Å²) in [5, 5.41) is 0.938. The van der Waals surface area contributed by atoms with Crippen LogP contribution in [0.2, 0.25) is 0 Å². The highest BCUT2D eigenvalue weighted by Gasteiger charge is 2.15. The summed E-state index contributed by atoms with van der Waals surface area (Å²) in [4.78, 5) is -0.258. The minimum atomic E-state index is -3.76. The van der Waals surface area contributed by atoms with Gasteiger partial charge in [-0.25, -0.2) is 21.9 Å². The van der Waals surface area contributed by atoms with E-state index in [0.29, 0.717) is 12.6 Å². The molecule has 0 fully saturated rings. The van der Waals surface area contributed by atoms with Crippen LogP contribution in [0.1, 0.15) is 25.7 Å². The molecule has 0 saturated heterocycles. The average molecular weight is 356 g/mol. The third kappa shape index (κ3) is 5.54. The van der Waals surface area contributed by atoms with Gasteiger partial charge in [-0.1, -0.05) is 28.8 Å². The van der Waals surface area contributed by atoms with Gasteiger partial charge in [0, 0.05) is 11.9 Å². The second-order valence-corrected chi connectivity index (χ2v) is 6.64. The van der Waals surface area contributed by atoms with E-state index in [1.807, 2.05) is 0 Å². The summed E-state index contributed by atoms with van der Waals surface area (Å²) in [6.07, 6.45) is 3.72. The third-order valence-corrected chi connectivity index (χ3v) is 4.57. The van der Waals surface area contributed by atoms with Gasteiger partial charge in [0.2, 0.25) is 10.0 Å². The Kier molecular flexibility index (Phi) is 6.88. The molecule has 0 aliphatic heterocycles. The van der Waals surface area contributed by atoms with Crippen molar-refractivity contribution >= 4 is 26.0 Å². The zero-order valence-corrected chi connectivity index (χ0v) is 12.7. The number of unbranched alkanes of at least 4 members (excludes halogenated alkanes) is 3. The van der Waals surface area contributed by atoms with Crippen LogP contribution in [0.3, 0.4) is 0 Å². The first-order valence-corrected chi connectivity index (χ1v) is 8.58. The quantitative estimate of drug-likeness (QED) is 0.574. The van der Waals surface area contributed by atoms with E-state index in [4.69, 9.17) is 0 Å². The molecule has 0 spiro atoms. The van der Waals surface area contributed by atoms with Gasteiger partial charge in [-0.2, -0.15) is 0 Å². The van der Waals surface area contributed by atoms with Crippen LogP contribution in [0.5, 0.6) is 0 Å². The maximum atomic E-state index is 13.0. The van der Waals surface area contributed by atoms with E-state index in [9.17, 15) is 17.2 Å². The summed E-state index contributed by atoms with van der Waals surface area (Å²) in [6, 6.07) is 2.54. The highest BCUT2D eigenvalue weighted by molar-refractivity contribution is 9.09. The van der Waals surface area contributed by atoms with E-state index in [0.717, 1.165) is 43.1 Å². The van der Waals surface area contributed by atoms with Crippen LogP contribution in [0, 0.1) is 11.6 Å². The van der Waals surface area contributed by atoms with Crippen molar-refractivity contribution in [1.29, 1.82) is 0 Å². The third-order valence-electron chi connectivity index (χ3n) is 2.55. The van der Waals surface area contributed by atoms with E-state index in [-0.39, 0.29) is 4.90 Å². The topological polar surface area (TPSA) is 46.2 Å². The number of sulfonamides is 1. The van der Waals surface area contributed by atoms with Gasteiger partial charge in [0.15, 0.2) is 11.6 Å². The molecule has 0 amide bonds. The molecule has 0 unspecified atom stereocenters. The SMILES string of the molecule is O=S(=O)(NCCCCCCBr)c1ccc(F)c(F)c1. The van der Waals surface area contributed by atoms with Gasteiger partial charge >= 0.3 is 0 Å². The van der Waals surface area contributed by atoms with Crippen LogP contribution >= 0.6 is 15.9 Å². The Bertz CT molecular complexity index is 508. The minimum Gasteiger partial charge on any atom is -0.211 e. The number of hydrogen-bond acceptors (Lipinski definition) is 2. The largest absolute Gasteiger partial charge is 0.240 e. The highest BCUT2D eigenvalue weighted by Crippen LogP contribution is 2.13. The fraction of sp³-hybridized carbons (Fsp3) is 0.500. The van der Waals surface area contributed by atoms with Crippen molar-refractivity contribution in [3.63, 3.8) is 0 Å². The summed E-state index contributed by atoms with van der Waals surface area (Å²) in [5.41, 5.74) is 0. The van der Waals surface area contributed by atoms with Crippen LogP contribution in [0.4, 0.5) is 8.78 Å². The van der Waals surface area contributed by atoms with E-state index in [1.165, 1.54) is 0 Å². The standard InChI is InChI=1S/C12H16BrF2NO2S/c13-7-3-1-2-4-8-16-19(17,18)10-5-6-11(14)12(15)9-10/h5-6,9,16H,1-4,7-8H2. The molecule has 0 aliphatic carbocycles. The maximum Gasteiger partial charge on any atom is 0.240 e. The van der Waals surface area contributed by atoms with Crippen LogP contribution in [0.25, 0.3) is 0 Å². The lowest BCUT2D eigenvalue weighted by molar-refractivity contribution is 0.504. The first kappa shape index (κ1) is 16.5. The molecule has 1 aromatic rings. The molecule has 0 atom stereocenters. The lowest BCUT2D eigenvalue weighted by Gasteiger charge is -2.07. The molecule has 0 saturated carbocycles. The van der Waals surface area contributed by atoms with Crippen LogP contribution in [0.15, 0.2) is 23.1 Å². The molecule has 0 radical (unpaired) electrons. The van der Waals surface area contributed by atoms with E-state index < -0.39 is 21.7 Å². The zero-order valence-electron chi connectivity index (χ0n) is 10.3. The van der Waals surface area contributed by atoms with Gasteiger partial charge in [0.05, 0.1) is 4.90 Å². The highest BCUT2D eigenvalue weighted by atomic mass is 79.9. The monoisotopic (exact) mass is 355 g/mol. The molecular formula is C12H16BrF2NO2S. The Balaban J connectivity index is 2.49. The maximum absolute atomic E-state index is 13.0. The van der Waals surface area contributed by atoms with Gasteiger partial charge in [0.1, 0.15) is 0 Å². The number of hydrogen-bond donors (Lipinski definition) is 1. The van der Waals surface area contributed by atoms with Crippen LogP contribution < -0.4 is 4.72 Å². The summed E-state index contributed by atoms with van der Waals surface area (Å²) in [5.74, 6) is -2.23. The molecule has 3 nitrogen and oxygen atoms in total. The summed E-state index contributed by atoms with van der Waals surface area (Å²) < 4.78 is 51.6. The van der Waals surface area contributed by atoms with Crippen molar-refractivity contribution in [1.82, 2.24) is 4.72 Å². The lowest BCUT2D eigenvalue weighted by Crippen LogP contribution is -2.25. The van der Waals surface area contributed by atoms with Gasteiger partial charge in [0.25, 0.3) is 0 Å². The Morgan fingerprint density at radius 3 is 2.37 bits per heavy atom. The zero-order chi connectivity index (χ0) is 14.3. The molecule has 1 N–H and O–H groups in total. The van der Waals surface area contributed by atoms with Crippen molar-refractivity contribution in [2.45, 2.75) is 30.6 Å². The fourth-order valence-corrected chi connectivity index (χ4v) is 2.99. The first-order chi connectivity index (χ1) is 8.97. The number of rotatable bonds is 8. The first-order valence-electron chi connectivity index (χ1n) is 5.98. The van der Waals surface area contributed by atoms with Gasteiger partial charge < -0.3 is 0 Å². The van der Waals surface area contributed by atoms with Gasteiger partial charge in [-0.3, -0.25) is 0 Å². The number of benzene rings is 1. The molecular weight excluding hydrogens is 340 g/mol. The Morgan fingerprint density at radius 2 is 1.74 bits per heavy atom. The molecule has 0 aliphatic rings. The predicted octanol–water partition coefficient (Wildman–Crippen LogP) is 3.20. The number of halogens is 3. The molecule has 1 aromatic carbocycles. The van der Waals surface area contributed by atoms with Crippen molar-refractivity contribution in [2.75, 3.05) is 11.9 Å². The van der Waals surface area contributed by atoms with Crippen molar-refractivity contribution in [3.05, 3.63) is 29.8 Å². The molecule has 0 bridgehead atoms. The predicted molar refractivity (Wildman–Crippen MR) is 73.8 cm³/mol. The average Bonchev–Trinajstić information content (AvgIpc) is 2.36. The van der Waals surface area contributed by atoms with Crippen molar-refractivity contribution < 1.29 is 17.2 Å².